The van der Waals surface area contributed by atoms with E-state index in [1.807, 2.05) is 20.8 Å². The Labute approximate surface area is 152 Å². The van der Waals surface area contributed by atoms with E-state index in [0.29, 0.717) is 5.82 Å². The van der Waals surface area contributed by atoms with Gasteiger partial charge >= 0.3 is 12.1 Å². The second kappa shape index (κ2) is 8.33. The topological polar surface area (TPSA) is 89.6 Å². The highest BCUT2D eigenvalue weighted by Crippen LogP contribution is 2.22. The first-order chi connectivity index (χ1) is 12.2. The smallest absolute Gasteiger partial charge is 0.407 e. The summed E-state index contributed by atoms with van der Waals surface area (Å²) in [6.45, 7) is 5.47. The van der Waals surface area contributed by atoms with Crippen LogP contribution < -0.4 is 10.6 Å². The molecule has 0 aliphatic heterocycles. The lowest BCUT2D eigenvalue weighted by molar-refractivity contribution is 0.0491. The molecule has 2 N–H and O–H groups in total. The van der Waals surface area contributed by atoms with Crippen LogP contribution in [0.1, 0.15) is 56.8 Å². The summed E-state index contributed by atoms with van der Waals surface area (Å²) in [5.41, 5.74) is -0.710. The Morgan fingerprint density at radius 2 is 1.77 bits per heavy atom. The van der Waals surface area contributed by atoms with Crippen molar-refractivity contribution in [3.63, 3.8) is 0 Å². The molecule has 2 rings (SSSR count). The number of pyridine rings is 1. The monoisotopic (exact) mass is 367 g/mol. The van der Waals surface area contributed by atoms with Crippen LogP contribution in [-0.2, 0) is 9.47 Å². The van der Waals surface area contributed by atoms with Gasteiger partial charge in [0.05, 0.1) is 7.11 Å². The average molecular weight is 367 g/mol. The van der Waals surface area contributed by atoms with Crippen molar-refractivity contribution in [3.05, 3.63) is 23.6 Å². The van der Waals surface area contributed by atoms with Crippen LogP contribution in [0.25, 0.3) is 0 Å². The molecule has 0 radical (unpaired) electrons. The number of halogens is 1. The zero-order valence-corrected chi connectivity index (χ0v) is 15.6. The van der Waals surface area contributed by atoms with Gasteiger partial charge in [0.2, 0.25) is 5.95 Å². The van der Waals surface area contributed by atoms with Crippen LogP contribution in [0.5, 0.6) is 0 Å². The zero-order chi connectivity index (χ0) is 19.3. The van der Waals surface area contributed by atoms with Gasteiger partial charge in [-0.15, -0.1) is 0 Å². The third-order valence-corrected chi connectivity index (χ3v) is 4.05. The molecule has 0 spiro atoms. The molecule has 1 aromatic heterocycles. The standard InChI is InChI=1S/C18H26FN3O4/c1-18(2,3)26-17(24)21-12-7-5-11(6-8-12)20-14-10-9-13(15(19)22-14)16(23)25-4/h9-12H,5-8H2,1-4H3,(H,20,22)(H,21,24)/t11-,12-. The molecule has 0 atom stereocenters. The molecule has 1 aromatic rings. The van der Waals surface area contributed by atoms with E-state index in [1.165, 1.54) is 13.2 Å². The molecule has 1 heterocycles. The van der Waals surface area contributed by atoms with Gasteiger partial charge in [-0.05, 0) is 58.6 Å². The van der Waals surface area contributed by atoms with Gasteiger partial charge in [-0.2, -0.15) is 4.39 Å². The van der Waals surface area contributed by atoms with Crippen LogP contribution in [0.4, 0.5) is 15.0 Å². The Balaban J connectivity index is 1.82. The molecule has 144 valence electrons. The predicted octanol–water partition coefficient (Wildman–Crippen LogP) is 3.26. The minimum atomic E-state index is -0.859. The summed E-state index contributed by atoms with van der Waals surface area (Å²) in [5.74, 6) is -1.24. The number of rotatable bonds is 4. The number of alkyl carbamates (subject to hydrolysis) is 1. The van der Waals surface area contributed by atoms with Crippen LogP contribution in [-0.4, -0.2) is 41.8 Å². The maximum atomic E-state index is 13.9. The van der Waals surface area contributed by atoms with E-state index in [2.05, 4.69) is 20.4 Å². The number of nitrogens with one attached hydrogen (secondary N) is 2. The van der Waals surface area contributed by atoms with Gasteiger partial charge in [0.15, 0.2) is 0 Å². The van der Waals surface area contributed by atoms with Crippen LogP contribution in [0, 0.1) is 5.95 Å². The molecule has 0 aromatic carbocycles. The van der Waals surface area contributed by atoms with E-state index in [0.717, 1.165) is 25.7 Å². The van der Waals surface area contributed by atoms with Gasteiger partial charge in [-0.1, -0.05) is 0 Å². The molecule has 8 heteroatoms. The number of nitrogens with zero attached hydrogens (tertiary/aromatic N) is 1. The maximum absolute atomic E-state index is 13.9. The van der Waals surface area contributed by atoms with Gasteiger partial charge in [0, 0.05) is 12.1 Å². The summed E-state index contributed by atoms with van der Waals surface area (Å²) < 4.78 is 23.6. The summed E-state index contributed by atoms with van der Waals surface area (Å²) in [6, 6.07) is 3.10. The van der Waals surface area contributed by atoms with Crippen molar-refractivity contribution in [1.29, 1.82) is 0 Å². The summed E-state index contributed by atoms with van der Waals surface area (Å²) in [5, 5.41) is 6.05. The molecule has 1 aliphatic rings. The second-order valence-electron chi connectivity index (χ2n) is 7.37. The Morgan fingerprint density at radius 3 is 2.31 bits per heavy atom. The van der Waals surface area contributed by atoms with E-state index in [9.17, 15) is 14.0 Å². The fourth-order valence-electron chi connectivity index (χ4n) is 2.84. The Bertz CT molecular complexity index is 652. The normalized spacial score (nSPS) is 20.2. The predicted molar refractivity (Wildman–Crippen MR) is 94.6 cm³/mol. The first-order valence-electron chi connectivity index (χ1n) is 8.69. The number of aromatic nitrogens is 1. The summed E-state index contributed by atoms with van der Waals surface area (Å²) in [4.78, 5) is 27.0. The summed E-state index contributed by atoms with van der Waals surface area (Å²) >= 11 is 0. The number of carbonyl (C=O) groups excluding carboxylic acids is 2. The number of hydrogen-bond donors (Lipinski definition) is 2. The van der Waals surface area contributed by atoms with Crippen molar-refractivity contribution in [1.82, 2.24) is 10.3 Å². The number of esters is 1. The maximum Gasteiger partial charge on any atom is 0.407 e. The number of carbonyl (C=O) groups is 2. The number of hydrogen-bond acceptors (Lipinski definition) is 6. The van der Waals surface area contributed by atoms with Crippen LogP contribution in [0.15, 0.2) is 12.1 Å². The Morgan fingerprint density at radius 1 is 1.15 bits per heavy atom. The quantitative estimate of drug-likeness (QED) is 0.627. The molecule has 1 fully saturated rings. The van der Waals surface area contributed by atoms with Crippen LogP contribution >= 0.6 is 0 Å². The molecule has 0 saturated heterocycles. The molecule has 1 saturated carbocycles. The minimum absolute atomic E-state index is 0.0642. The fraction of sp³-hybridized carbons (Fsp3) is 0.611. The lowest BCUT2D eigenvalue weighted by atomic mass is 9.91. The van der Waals surface area contributed by atoms with E-state index in [-0.39, 0.29) is 17.6 Å². The van der Waals surface area contributed by atoms with Gasteiger partial charge in [0.1, 0.15) is 17.0 Å². The summed E-state index contributed by atoms with van der Waals surface area (Å²) in [6.07, 6.45) is 2.79. The fourth-order valence-corrected chi connectivity index (χ4v) is 2.84. The van der Waals surface area contributed by atoms with Crippen molar-refractivity contribution in [3.8, 4) is 0 Å². The number of anilines is 1. The highest BCUT2D eigenvalue weighted by molar-refractivity contribution is 5.89. The van der Waals surface area contributed by atoms with E-state index in [1.54, 1.807) is 6.07 Å². The lowest BCUT2D eigenvalue weighted by Crippen LogP contribution is -2.42. The van der Waals surface area contributed by atoms with Gasteiger partial charge in [0.25, 0.3) is 0 Å². The molecule has 1 amide bonds. The highest BCUT2D eigenvalue weighted by Gasteiger charge is 2.25. The number of amides is 1. The van der Waals surface area contributed by atoms with Crippen molar-refractivity contribution in [2.24, 2.45) is 0 Å². The van der Waals surface area contributed by atoms with Gasteiger partial charge in [-0.3, -0.25) is 0 Å². The van der Waals surface area contributed by atoms with E-state index >= 15 is 0 Å². The average Bonchev–Trinajstić information content (AvgIpc) is 2.54. The van der Waals surface area contributed by atoms with Gasteiger partial charge in [-0.25, -0.2) is 14.6 Å². The largest absolute Gasteiger partial charge is 0.465 e. The number of methoxy groups -OCH3 is 1. The molecule has 1 aliphatic carbocycles. The molecule has 0 bridgehead atoms. The van der Waals surface area contributed by atoms with Crippen molar-refractivity contribution in [2.75, 3.05) is 12.4 Å². The molecule has 7 nitrogen and oxygen atoms in total. The Kier molecular flexibility index (Phi) is 6.39. The molecular formula is C18H26FN3O4. The van der Waals surface area contributed by atoms with Crippen molar-refractivity contribution in [2.45, 2.75) is 64.1 Å². The van der Waals surface area contributed by atoms with E-state index < -0.39 is 23.6 Å². The highest BCUT2D eigenvalue weighted by atomic mass is 19.1. The SMILES string of the molecule is COC(=O)c1ccc(N[C@H]2CC[C@H](NC(=O)OC(C)(C)C)CC2)nc1F. The lowest BCUT2D eigenvalue weighted by Gasteiger charge is -2.30. The van der Waals surface area contributed by atoms with Crippen molar-refractivity contribution < 1.29 is 23.5 Å². The van der Waals surface area contributed by atoms with Crippen molar-refractivity contribution >= 4 is 17.9 Å². The molecular weight excluding hydrogens is 341 g/mol. The third-order valence-electron chi connectivity index (χ3n) is 4.05. The first-order valence-corrected chi connectivity index (χ1v) is 8.69. The first kappa shape index (κ1) is 19.9. The van der Waals surface area contributed by atoms with Crippen LogP contribution in [0.2, 0.25) is 0 Å². The Hall–Kier alpha value is -2.38. The van der Waals surface area contributed by atoms with Crippen LogP contribution in [0.3, 0.4) is 0 Å². The summed E-state index contributed by atoms with van der Waals surface area (Å²) in [7, 11) is 1.19. The molecule has 0 unspecified atom stereocenters. The number of ether oxygens (including phenoxy) is 2. The van der Waals surface area contributed by atoms with Gasteiger partial charge < -0.3 is 20.1 Å². The second-order valence-corrected chi connectivity index (χ2v) is 7.37. The zero-order valence-electron chi connectivity index (χ0n) is 15.6. The minimum Gasteiger partial charge on any atom is -0.465 e. The molecule has 26 heavy (non-hydrogen) atoms. The third kappa shape index (κ3) is 5.86. The van der Waals surface area contributed by atoms with E-state index in [4.69, 9.17) is 4.74 Å².